The van der Waals surface area contributed by atoms with Gasteiger partial charge in [0.15, 0.2) is 0 Å². The number of H-pyrrole nitrogens is 1. The molecule has 0 saturated heterocycles. The summed E-state index contributed by atoms with van der Waals surface area (Å²) in [6, 6.07) is 3.91. The van der Waals surface area contributed by atoms with Crippen LogP contribution in [-0.2, 0) is 6.42 Å². The third-order valence-corrected chi connectivity index (χ3v) is 1.49. The van der Waals surface area contributed by atoms with Gasteiger partial charge in [-0.2, -0.15) is 0 Å². The summed E-state index contributed by atoms with van der Waals surface area (Å²) in [6.07, 6.45) is 2.68. The van der Waals surface area contributed by atoms with Gasteiger partial charge < -0.3 is 10.3 Å². The largest absolute Gasteiger partial charge is 0.365 e. The van der Waals surface area contributed by atoms with Crippen molar-refractivity contribution in [3.63, 3.8) is 0 Å². The quantitative estimate of drug-likeness (QED) is 0.586. The number of hydrogen-bond donors (Lipinski definition) is 3. The van der Waals surface area contributed by atoms with E-state index in [1.165, 1.54) is 0 Å². The minimum absolute atomic E-state index is 0.281. The molecule has 3 nitrogen and oxygen atoms in total. The summed E-state index contributed by atoms with van der Waals surface area (Å²) in [5, 5.41) is 2.31. The summed E-state index contributed by atoms with van der Waals surface area (Å²) in [5.41, 5.74) is 1.12. The van der Waals surface area contributed by atoms with Crippen molar-refractivity contribution in [3.05, 3.63) is 24.0 Å². The Morgan fingerprint density at radius 1 is 1.73 bits per heavy atom. The molecule has 4 heteroatoms. The number of amides is 1. The third-order valence-electron chi connectivity index (χ3n) is 1.33. The van der Waals surface area contributed by atoms with Crippen molar-refractivity contribution in [3.8, 4) is 0 Å². The Kier molecular flexibility index (Phi) is 3.04. The highest BCUT2D eigenvalue weighted by atomic mass is 32.1. The Morgan fingerprint density at radius 2 is 2.55 bits per heavy atom. The van der Waals surface area contributed by atoms with Gasteiger partial charge in [0.25, 0.3) is 5.24 Å². The lowest BCUT2D eigenvalue weighted by Crippen LogP contribution is -2.19. The molecule has 0 spiro atoms. The number of aromatic nitrogens is 1. The van der Waals surface area contributed by atoms with Crippen LogP contribution in [0.5, 0.6) is 0 Å². The molecule has 1 aromatic heterocycles. The minimum atomic E-state index is -0.281. The Hall–Kier alpha value is -0.900. The Morgan fingerprint density at radius 3 is 3.09 bits per heavy atom. The molecule has 0 aliphatic heterocycles. The zero-order valence-electron chi connectivity index (χ0n) is 6.00. The first kappa shape index (κ1) is 8.20. The number of carbonyl (C=O) groups excluding carboxylic acids is 1. The molecule has 0 fully saturated rings. The SMILES string of the molecule is O=C(S)NCCc1ccc[nH]1. The van der Waals surface area contributed by atoms with Crippen LogP contribution >= 0.6 is 12.6 Å². The molecule has 1 aromatic rings. The van der Waals surface area contributed by atoms with E-state index in [0.717, 1.165) is 12.1 Å². The second kappa shape index (κ2) is 4.08. The number of thiol groups is 1. The minimum Gasteiger partial charge on any atom is -0.365 e. The van der Waals surface area contributed by atoms with E-state index in [2.05, 4.69) is 22.9 Å². The number of rotatable bonds is 3. The van der Waals surface area contributed by atoms with E-state index < -0.39 is 0 Å². The van der Waals surface area contributed by atoms with E-state index >= 15 is 0 Å². The van der Waals surface area contributed by atoms with Gasteiger partial charge in [0.2, 0.25) is 0 Å². The van der Waals surface area contributed by atoms with Gasteiger partial charge in [0.1, 0.15) is 0 Å². The molecule has 1 heterocycles. The summed E-state index contributed by atoms with van der Waals surface area (Å²) in [5.74, 6) is 0. The van der Waals surface area contributed by atoms with Crippen LogP contribution in [0.25, 0.3) is 0 Å². The number of nitrogens with one attached hydrogen (secondary N) is 2. The summed E-state index contributed by atoms with van der Waals surface area (Å²) in [6.45, 7) is 0.628. The standard InChI is InChI=1S/C7H10N2OS/c10-7(11)9-5-3-6-2-1-4-8-6/h1-2,4,8H,3,5H2,(H2,9,10,11). The maximum Gasteiger partial charge on any atom is 0.275 e. The highest BCUT2D eigenvalue weighted by molar-refractivity contribution is 7.96. The molecule has 60 valence electrons. The topological polar surface area (TPSA) is 44.9 Å². The Balaban J connectivity index is 2.19. The van der Waals surface area contributed by atoms with Crippen molar-refractivity contribution in [2.45, 2.75) is 6.42 Å². The first-order chi connectivity index (χ1) is 5.29. The number of carbonyl (C=O) groups is 1. The van der Waals surface area contributed by atoms with Gasteiger partial charge in [-0.15, -0.1) is 0 Å². The molecule has 1 amide bonds. The molecular formula is C7H10N2OS. The number of hydrogen-bond acceptors (Lipinski definition) is 1. The highest BCUT2D eigenvalue weighted by Gasteiger charge is 1.93. The Labute approximate surface area is 70.6 Å². The van der Waals surface area contributed by atoms with Gasteiger partial charge in [-0.05, 0) is 12.1 Å². The average molecular weight is 170 g/mol. The molecule has 0 atom stereocenters. The monoisotopic (exact) mass is 170 g/mol. The first-order valence-corrected chi connectivity index (χ1v) is 3.83. The lowest BCUT2D eigenvalue weighted by Gasteiger charge is -1.97. The van der Waals surface area contributed by atoms with Crippen molar-refractivity contribution >= 4 is 17.9 Å². The van der Waals surface area contributed by atoms with Crippen LogP contribution in [0, 0.1) is 0 Å². The van der Waals surface area contributed by atoms with Crippen LogP contribution in [0.4, 0.5) is 4.79 Å². The van der Waals surface area contributed by atoms with Crippen LogP contribution in [-0.4, -0.2) is 16.8 Å². The summed E-state index contributed by atoms with van der Waals surface area (Å²) in [4.78, 5) is 13.3. The fourth-order valence-electron chi connectivity index (χ4n) is 0.827. The van der Waals surface area contributed by atoms with Gasteiger partial charge in [-0.25, -0.2) is 0 Å². The molecule has 0 radical (unpaired) electrons. The molecule has 0 aliphatic carbocycles. The summed E-state index contributed by atoms with van der Waals surface area (Å²) in [7, 11) is 0. The fourth-order valence-corrected chi connectivity index (χ4v) is 0.939. The van der Waals surface area contributed by atoms with Crippen LogP contribution < -0.4 is 5.32 Å². The maximum atomic E-state index is 10.3. The Bertz CT molecular complexity index is 220. The van der Waals surface area contributed by atoms with Gasteiger partial charge in [-0.1, -0.05) is 12.6 Å². The second-order valence-corrected chi connectivity index (χ2v) is 2.58. The third kappa shape index (κ3) is 3.13. The highest BCUT2D eigenvalue weighted by Crippen LogP contribution is 1.93. The van der Waals surface area contributed by atoms with Crippen molar-refractivity contribution in [2.24, 2.45) is 0 Å². The normalized spacial score (nSPS) is 9.55. The lowest BCUT2D eigenvalue weighted by atomic mass is 10.3. The van der Waals surface area contributed by atoms with Crippen molar-refractivity contribution in [1.29, 1.82) is 0 Å². The average Bonchev–Trinajstić information content (AvgIpc) is 2.39. The van der Waals surface area contributed by atoms with Crippen LogP contribution in [0.15, 0.2) is 18.3 Å². The fraction of sp³-hybridized carbons (Fsp3) is 0.286. The molecular weight excluding hydrogens is 160 g/mol. The van der Waals surface area contributed by atoms with Gasteiger partial charge in [-0.3, -0.25) is 4.79 Å². The number of aromatic amines is 1. The van der Waals surface area contributed by atoms with E-state index in [-0.39, 0.29) is 5.24 Å². The van der Waals surface area contributed by atoms with Crippen LogP contribution in [0.1, 0.15) is 5.69 Å². The molecule has 0 bridgehead atoms. The second-order valence-electron chi connectivity index (χ2n) is 2.18. The molecule has 0 saturated carbocycles. The molecule has 2 N–H and O–H groups in total. The molecule has 0 unspecified atom stereocenters. The van der Waals surface area contributed by atoms with Gasteiger partial charge in [0, 0.05) is 24.9 Å². The van der Waals surface area contributed by atoms with Crippen LogP contribution in [0.3, 0.4) is 0 Å². The zero-order chi connectivity index (χ0) is 8.10. The van der Waals surface area contributed by atoms with Gasteiger partial charge in [0.05, 0.1) is 0 Å². The van der Waals surface area contributed by atoms with Crippen molar-refractivity contribution in [2.75, 3.05) is 6.54 Å². The van der Waals surface area contributed by atoms with Crippen LogP contribution in [0.2, 0.25) is 0 Å². The van der Waals surface area contributed by atoms with E-state index in [9.17, 15) is 4.79 Å². The molecule has 0 aromatic carbocycles. The van der Waals surface area contributed by atoms with E-state index in [4.69, 9.17) is 0 Å². The van der Waals surface area contributed by atoms with Crippen molar-refractivity contribution < 1.29 is 4.79 Å². The predicted molar refractivity (Wildman–Crippen MR) is 46.9 cm³/mol. The summed E-state index contributed by atoms with van der Waals surface area (Å²) < 4.78 is 0. The van der Waals surface area contributed by atoms with E-state index in [1.807, 2.05) is 18.3 Å². The maximum absolute atomic E-state index is 10.3. The predicted octanol–water partition coefficient (Wildman–Crippen LogP) is 1.20. The summed E-state index contributed by atoms with van der Waals surface area (Å²) >= 11 is 3.57. The molecule has 1 rings (SSSR count). The van der Waals surface area contributed by atoms with E-state index in [0.29, 0.717) is 6.54 Å². The van der Waals surface area contributed by atoms with E-state index in [1.54, 1.807) is 0 Å². The van der Waals surface area contributed by atoms with Crippen molar-refractivity contribution in [1.82, 2.24) is 10.3 Å². The lowest BCUT2D eigenvalue weighted by molar-refractivity contribution is 0.261. The van der Waals surface area contributed by atoms with Gasteiger partial charge >= 0.3 is 0 Å². The first-order valence-electron chi connectivity index (χ1n) is 3.38. The molecule has 11 heavy (non-hydrogen) atoms. The molecule has 0 aliphatic rings. The smallest absolute Gasteiger partial charge is 0.275 e. The zero-order valence-corrected chi connectivity index (χ0v) is 6.90.